The van der Waals surface area contributed by atoms with Gasteiger partial charge in [0.1, 0.15) is 0 Å². The molecule has 1 aromatic carbocycles. The van der Waals surface area contributed by atoms with Gasteiger partial charge in [-0.2, -0.15) is 0 Å². The molecule has 0 saturated carbocycles. The van der Waals surface area contributed by atoms with E-state index in [9.17, 15) is 9.90 Å². The minimum atomic E-state index is -0.318. The van der Waals surface area contributed by atoms with Crippen molar-refractivity contribution >= 4 is 32.8 Å². The number of hydrogen-bond donors (Lipinski definition) is 2. The number of rotatable bonds is 5. The largest absolute Gasteiger partial charge is 0.465 e. The highest BCUT2D eigenvalue weighted by molar-refractivity contribution is 9.10. The van der Waals surface area contributed by atoms with Crippen LogP contribution in [0.15, 0.2) is 28.9 Å². The van der Waals surface area contributed by atoms with E-state index >= 15 is 0 Å². The smallest absolute Gasteiger partial charge is 0.340 e. The first-order valence-electron chi connectivity index (χ1n) is 8.38. The zero-order valence-corrected chi connectivity index (χ0v) is 15.4. The number of aromatic nitrogens is 1. The molecule has 0 unspecified atom stereocenters. The van der Waals surface area contributed by atoms with Gasteiger partial charge in [0.05, 0.1) is 18.8 Å². The van der Waals surface area contributed by atoms with Crippen LogP contribution in [0.2, 0.25) is 0 Å². The van der Waals surface area contributed by atoms with E-state index < -0.39 is 0 Å². The van der Waals surface area contributed by atoms with Gasteiger partial charge >= 0.3 is 5.97 Å². The van der Waals surface area contributed by atoms with E-state index in [2.05, 4.69) is 25.8 Å². The summed E-state index contributed by atoms with van der Waals surface area (Å²) in [5.74, 6) is -0.318. The van der Waals surface area contributed by atoms with Crippen molar-refractivity contribution in [3.05, 3.63) is 34.4 Å². The Morgan fingerprint density at radius 2 is 2.33 bits per heavy atom. The van der Waals surface area contributed by atoms with Gasteiger partial charge in [-0.25, -0.2) is 4.79 Å². The lowest BCUT2D eigenvalue weighted by molar-refractivity contribution is 0.0602. The number of hydrogen-bond acceptors (Lipinski definition) is 4. The fourth-order valence-corrected chi connectivity index (χ4v) is 3.80. The Labute approximate surface area is 150 Å². The first kappa shape index (κ1) is 17.5. The van der Waals surface area contributed by atoms with Gasteiger partial charge in [-0.3, -0.25) is 0 Å². The standard InChI is InChI=1S/C18H23BrN2O3/c1-24-18(23)14-11-21(16-7-6-12(19)10-13(14)16)9-3-4-15-17(22)5-2-8-20-15/h6-7,10-11,15,17,20,22H,2-5,8-9H2,1H3/t15-,17+/m1/s1. The molecule has 1 fully saturated rings. The monoisotopic (exact) mass is 394 g/mol. The molecule has 0 radical (unpaired) electrons. The summed E-state index contributed by atoms with van der Waals surface area (Å²) in [6.45, 7) is 1.79. The van der Waals surface area contributed by atoms with E-state index in [1.807, 2.05) is 24.4 Å². The molecule has 1 saturated heterocycles. The lowest BCUT2D eigenvalue weighted by Gasteiger charge is -2.29. The number of methoxy groups -OCH3 is 1. The van der Waals surface area contributed by atoms with Crippen LogP contribution in [0.1, 0.15) is 36.0 Å². The molecule has 2 aromatic rings. The number of piperidine rings is 1. The number of aryl methyl sites for hydroxylation is 1. The maximum atomic E-state index is 12.0. The van der Waals surface area contributed by atoms with Crippen molar-refractivity contribution in [1.29, 1.82) is 0 Å². The summed E-state index contributed by atoms with van der Waals surface area (Å²) in [7, 11) is 1.40. The third-order valence-electron chi connectivity index (χ3n) is 4.71. The van der Waals surface area contributed by atoms with Crippen molar-refractivity contribution in [2.75, 3.05) is 13.7 Å². The molecule has 2 heterocycles. The fraction of sp³-hybridized carbons (Fsp3) is 0.500. The first-order chi connectivity index (χ1) is 11.6. The number of carbonyl (C=O) groups is 1. The van der Waals surface area contributed by atoms with Crippen molar-refractivity contribution in [3.63, 3.8) is 0 Å². The zero-order chi connectivity index (χ0) is 17.1. The SMILES string of the molecule is COC(=O)c1cn(CCC[C@H]2NCCC[C@@H]2O)c2ccc(Br)cc12. The van der Waals surface area contributed by atoms with Crippen molar-refractivity contribution in [3.8, 4) is 0 Å². The Hall–Kier alpha value is -1.37. The Kier molecular flexibility index (Phi) is 5.58. The Morgan fingerprint density at radius 3 is 3.08 bits per heavy atom. The molecule has 5 nitrogen and oxygen atoms in total. The Bertz CT molecular complexity index is 728. The van der Waals surface area contributed by atoms with Gasteiger partial charge in [0.2, 0.25) is 0 Å². The molecular formula is C18H23BrN2O3. The molecule has 2 N–H and O–H groups in total. The predicted octanol–water partition coefficient (Wildman–Crippen LogP) is 3.08. The third-order valence-corrected chi connectivity index (χ3v) is 5.20. The van der Waals surface area contributed by atoms with Crippen LogP contribution in [0, 0.1) is 0 Å². The number of halogens is 1. The van der Waals surface area contributed by atoms with Crippen molar-refractivity contribution in [1.82, 2.24) is 9.88 Å². The molecule has 24 heavy (non-hydrogen) atoms. The number of fused-ring (bicyclic) bond motifs is 1. The van der Waals surface area contributed by atoms with Gasteiger partial charge in [-0.1, -0.05) is 15.9 Å². The topological polar surface area (TPSA) is 63.5 Å². The molecule has 6 heteroatoms. The summed E-state index contributed by atoms with van der Waals surface area (Å²) >= 11 is 3.46. The molecule has 0 amide bonds. The summed E-state index contributed by atoms with van der Waals surface area (Å²) in [5, 5.41) is 14.3. The molecule has 2 atom stereocenters. The van der Waals surface area contributed by atoms with E-state index in [1.54, 1.807) is 0 Å². The van der Waals surface area contributed by atoms with Gasteiger partial charge in [0.25, 0.3) is 0 Å². The zero-order valence-electron chi connectivity index (χ0n) is 13.8. The summed E-state index contributed by atoms with van der Waals surface area (Å²) in [6.07, 6.45) is 5.40. The van der Waals surface area contributed by atoms with Crippen LogP contribution in [-0.4, -0.2) is 41.4 Å². The number of nitrogens with zero attached hydrogens (tertiary/aromatic N) is 1. The molecular weight excluding hydrogens is 372 g/mol. The van der Waals surface area contributed by atoms with Gasteiger partial charge in [0.15, 0.2) is 0 Å². The molecule has 1 aliphatic heterocycles. The lowest BCUT2D eigenvalue weighted by atomic mass is 9.97. The van der Waals surface area contributed by atoms with Crippen LogP contribution in [0.25, 0.3) is 10.9 Å². The van der Waals surface area contributed by atoms with Crippen LogP contribution in [0.5, 0.6) is 0 Å². The Morgan fingerprint density at radius 1 is 1.50 bits per heavy atom. The number of benzene rings is 1. The molecule has 1 aliphatic rings. The average molecular weight is 395 g/mol. The molecule has 0 spiro atoms. The molecule has 3 rings (SSSR count). The van der Waals surface area contributed by atoms with Crippen molar-refractivity contribution < 1.29 is 14.6 Å². The summed E-state index contributed by atoms with van der Waals surface area (Å²) in [5.41, 5.74) is 1.61. The maximum absolute atomic E-state index is 12.0. The fourth-order valence-electron chi connectivity index (χ4n) is 3.44. The highest BCUT2D eigenvalue weighted by Gasteiger charge is 2.22. The number of carbonyl (C=O) groups excluding carboxylic acids is 1. The van der Waals surface area contributed by atoms with Crippen LogP contribution in [0.3, 0.4) is 0 Å². The quantitative estimate of drug-likeness (QED) is 0.764. The van der Waals surface area contributed by atoms with Gasteiger partial charge in [0, 0.05) is 34.2 Å². The minimum absolute atomic E-state index is 0.176. The number of ether oxygens (including phenoxy) is 1. The molecule has 130 valence electrons. The minimum Gasteiger partial charge on any atom is -0.465 e. The highest BCUT2D eigenvalue weighted by Crippen LogP contribution is 2.26. The summed E-state index contributed by atoms with van der Waals surface area (Å²) < 4.78 is 7.94. The van der Waals surface area contributed by atoms with Gasteiger partial charge in [-0.05, 0) is 50.4 Å². The van der Waals surface area contributed by atoms with Crippen molar-refractivity contribution in [2.24, 2.45) is 0 Å². The van der Waals surface area contributed by atoms with Crippen LogP contribution in [0.4, 0.5) is 0 Å². The predicted molar refractivity (Wildman–Crippen MR) is 97.2 cm³/mol. The third kappa shape index (κ3) is 3.66. The van der Waals surface area contributed by atoms with E-state index in [1.165, 1.54) is 7.11 Å². The van der Waals surface area contributed by atoms with Crippen LogP contribution < -0.4 is 5.32 Å². The van der Waals surface area contributed by atoms with E-state index in [0.29, 0.717) is 5.56 Å². The van der Waals surface area contributed by atoms with Crippen LogP contribution >= 0.6 is 15.9 Å². The Balaban J connectivity index is 1.75. The van der Waals surface area contributed by atoms with Gasteiger partial charge < -0.3 is 19.7 Å². The second-order valence-corrected chi connectivity index (χ2v) is 7.22. The van der Waals surface area contributed by atoms with Crippen LogP contribution in [-0.2, 0) is 11.3 Å². The highest BCUT2D eigenvalue weighted by atomic mass is 79.9. The second kappa shape index (κ2) is 7.68. The van der Waals surface area contributed by atoms with E-state index in [4.69, 9.17) is 4.74 Å². The van der Waals surface area contributed by atoms with Crippen molar-refractivity contribution in [2.45, 2.75) is 44.4 Å². The van der Waals surface area contributed by atoms with E-state index in [0.717, 1.165) is 54.1 Å². The maximum Gasteiger partial charge on any atom is 0.340 e. The second-order valence-electron chi connectivity index (χ2n) is 6.30. The first-order valence-corrected chi connectivity index (χ1v) is 9.17. The summed E-state index contributed by atoms with van der Waals surface area (Å²) in [6, 6.07) is 6.12. The molecule has 0 bridgehead atoms. The summed E-state index contributed by atoms with van der Waals surface area (Å²) in [4.78, 5) is 12.0. The lowest BCUT2D eigenvalue weighted by Crippen LogP contribution is -2.44. The molecule has 0 aliphatic carbocycles. The number of nitrogens with one attached hydrogen (secondary N) is 1. The van der Waals surface area contributed by atoms with E-state index in [-0.39, 0.29) is 18.1 Å². The molecule has 1 aromatic heterocycles. The number of aliphatic hydroxyl groups excluding tert-OH is 1. The number of esters is 1. The average Bonchev–Trinajstić information content (AvgIpc) is 2.94. The van der Waals surface area contributed by atoms with Gasteiger partial charge in [-0.15, -0.1) is 0 Å². The normalized spacial score (nSPS) is 21.1. The number of aliphatic hydroxyl groups is 1.